The molecule has 0 unspecified atom stereocenters. The summed E-state index contributed by atoms with van der Waals surface area (Å²) >= 11 is 0. The highest BCUT2D eigenvalue weighted by Crippen LogP contribution is 2.31. The summed E-state index contributed by atoms with van der Waals surface area (Å²) in [7, 11) is 1.31. The summed E-state index contributed by atoms with van der Waals surface area (Å²) < 4.78 is 33.9. The number of anilines is 1. The number of hydrogen-bond acceptors (Lipinski definition) is 6. The van der Waals surface area contributed by atoms with Crippen LogP contribution in [0.1, 0.15) is 29.8 Å². The highest BCUT2D eigenvalue weighted by atomic mass is 19.1. The minimum atomic E-state index is -1.28. The third-order valence-corrected chi connectivity index (χ3v) is 4.64. The minimum absolute atomic E-state index is 0.0908. The van der Waals surface area contributed by atoms with E-state index in [4.69, 9.17) is 4.74 Å². The zero-order valence-corrected chi connectivity index (χ0v) is 17.5. The quantitative estimate of drug-likeness (QED) is 0.597. The van der Waals surface area contributed by atoms with Crippen molar-refractivity contribution in [2.45, 2.75) is 26.8 Å². The number of aromatic nitrogens is 4. The van der Waals surface area contributed by atoms with Crippen LogP contribution in [0.3, 0.4) is 0 Å². The van der Waals surface area contributed by atoms with Crippen molar-refractivity contribution in [2.24, 2.45) is 0 Å². The van der Waals surface area contributed by atoms with Gasteiger partial charge in [0.1, 0.15) is 17.0 Å². The molecule has 0 bridgehead atoms. The number of aromatic carboxylic acids is 1. The second-order valence-corrected chi connectivity index (χ2v) is 7.05. The maximum absolute atomic E-state index is 14.1. The summed E-state index contributed by atoms with van der Waals surface area (Å²) in [4.78, 5) is 38.7. The number of carboxylic acid groups (broad SMARTS) is 1. The first-order chi connectivity index (χ1) is 15.1. The molecule has 0 saturated heterocycles. The van der Waals surface area contributed by atoms with E-state index in [1.807, 2.05) is 0 Å². The highest BCUT2D eigenvalue weighted by Gasteiger charge is 2.29. The average molecular weight is 447 g/mol. The molecular weight excluding hydrogens is 428 g/mol. The number of carboxylic acids is 1. The monoisotopic (exact) mass is 447 g/mol. The predicted molar refractivity (Wildman–Crippen MR) is 109 cm³/mol. The van der Waals surface area contributed by atoms with Gasteiger partial charge in [-0.25, -0.2) is 23.2 Å². The standard InChI is InChI=1S/C20H19F2N5O5/c1-10(2)25(15-9-12(18(28)29)16(32-4)8-11(15)3)19(30)27-20(31)26(23-24-27)17-13(21)6-5-7-14(17)22/h5-10H,1-4H3,(H,28,29). The van der Waals surface area contributed by atoms with Crippen molar-refractivity contribution in [1.29, 1.82) is 0 Å². The van der Waals surface area contributed by atoms with Crippen LogP contribution < -0.4 is 15.3 Å². The lowest BCUT2D eigenvalue weighted by Crippen LogP contribution is -2.45. The zero-order chi connectivity index (χ0) is 23.7. The van der Waals surface area contributed by atoms with Gasteiger partial charge in [-0.1, -0.05) is 6.07 Å². The molecule has 1 heterocycles. The van der Waals surface area contributed by atoms with Crippen LogP contribution in [-0.4, -0.2) is 50.0 Å². The Morgan fingerprint density at radius 2 is 1.78 bits per heavy atom. The maximum atomic E-state index is 14.1. The van der Waals surface area contributed by atoms with Gasteiger partial charge in [-0.15, -0.1) is 4.68 Å². The van der Waals surface area contributed by atoms with Crippen molar-refractivity contribution < 1.29 is 28.2 Å². The zero-order valence-electron chi connectivity index (χ0n) is 17.5. The Morgan fingerprint density at radius 3 is 2.31 bits per heavy atom. The number of halogens is 2. The summed E-state index contributed by atoms with van der Waals surface area (Å²) in [6.07, 6.45) is 0. The van der Waals surface area contributed by atoms with E-state index in [-0.39, 0.29) is 17.0 Å². The molecule has 3 rings (SSSR count). The first-order valence-corrected chi connectivity index (χ1v) is 9.33. The maximum Gasteiger partial charge on any atom is 0.377 e. The topological polar surface area (TPSA) is 120 Å². The van der Waals surface area contributed by atoms with Crippen LogP contribution in [0.4, 0.5) is 19.3 Å². The molecule has 0 fully saturated rings. The van der Waals surface area contributed by atoms with Gasteiger partial charge in [0.05, 0.1) is 7.11 Å². The van der Waals surface area contributed by atoms with Crippen LogP contribution in [0.5, 0.6) is 5.75 Å². The molecule has 168 valence electrons. The Labute approximate surface area is 180 Å². The van der Waals surface area contributed by atoms with Gasteiger partial charge in [-0.3, -0.25) is 4.90 Å². The van der Waals surface area contributed by atoms with E-state index < -0.39 is 41.1 Å². The number of methoxy groups -OCH3 is 1. The van der Waals surface area contributed by atoms with E-state index in [1.54, 1.807) is 20.8 Å². The fraction of sp³-hybridized carbons (Fsp3) is 0.250. The Bertz CT molecular complexity index is 1250. The molecule has 1 N–H and O–H groups in total. The Kier molecular flexibility index (Phi) is 6.05. The number of amides is 1. The molecule has 0 aliphatic heterocycles. The van der Waals surface area contributed by atoms with E-state index in [0.29, 0.717) is 14.9 Å². The van der Waals surface area contributed by atoms with Crippen LogP contribution in [-0.2, 0) is 0 Å². The smallest absolute Gasteiger partial charge is 0.377 e. The number of rotatable bonds is 5. The van der Waals surface area contributed by atoms with Crippen molar-refractivity contribution in [2.75, 3.05) is 12.0 Å². The lowest BCUT2D eigenvalue weighted by molar-refractivity contribution is 0.0693. The first kappa shape index (κ1) is 22.6. The number of carbonyl (C=O) groups excluding carboxylic acids is 1. The van der Waals surface area contributed by atoms with Gasteiger partial charge in [0, 0.05) is 11.7 Å². The van der Waals surface area contributed by atoms with Gasteiger partial charge < -0.3 is 9.84 Å². The normalized spacial score (nSPS) is 11.0. The third kappa shape index (κ3) is 3.82. The number of aryl methyl sites for hydroxylation is 1. The number of hydrogen-bond donors (Lipinski definition) is 1. The number of tetrazole rings is 1. The predicted octanol–water partition coefficient (Wildman–Crippen LogP) is 2.61. The molecule has 0 atom stereocenters. The number of ether oxygens (including phenoxy) is 1. The van der Waals surface area contributed by atoms with Crippen molar-refractivity contribution in [1.82, 2.24) is 19.8 Å². The summed E-state index contributed by atoms with van der Waals surface area (Å²) in [5.41, 5.74) is -1.51. The van der Waals surface area contributed by atoms with E-state index in [2.05, 4.69) is 10.4 Å². The molecule has 0 spiro atoms. The Morgan fingerprint density at radius 1 is 1.16 bits per heavy atom. The van der Waals surface area contributed by atoms with Crippen LogP contribution in [0.25, 0.3) is 5.69 Å². The largest absolute Gasteiger partial charge is 0.496 e. The van der Waals surface area contributed by atoms with E-state index >= 15 is 0 Å². The molecule has 0 saturated carbocycles. The summed E-state index contributed by atoms with van der Waals surface area (Å²) in [6.45, 7) is 4.89. The Balaban J connectivity index is 2.14. The molecule has 3 aromatic rings. The first-order valence-electron chi connectivity index (χ1n) is 9.33. The van der Waals surface area contributed by atoms with Gasteiger partial charge in [0.2, 0.25) is 0 Å². The SMILES string of the molecule is COc1cc(C)c(N(C(=O)n2nnn(-c3c(F)cccc3F)c2=O)C(C)C)cc1C(=O)O. The van der Waals surface area contributed by atoms with Gasteiger partial charge in [-0.05, 0) is 61.0 Å². The average Bonchev–Trinajstić information content (AvgIpc) is 3.09. The second-order valence-electron chi connectivity index (χ2n) is 7.05. The van der Waals surface area contributed by atoms with Gasteiger partial charge in [0.15, 0.2) is 11.6 Å². The van der Waals surface area contributed by atoms with Crippen molar-refractivity contribution in [3.63, 3.8) is 0 Å². The van der Waals surface area contributed by atoms with E-state index in [1.165, 1.54) is 19.2 Å². The van der Waals surface area contributed by atoms with E-state index in [0.717, 1.165) is 23.1 Å². The van der Waals surface area contributed by atoms with Gasteiger partial charge >= 0.3 is 17.7 Å². The van der Waals surface area contributed by atoms with Crippen LogP contribution in [0.15, 0.2) is 35.1 Å². The number of carbonyl (C=O) groups is 2. The van der Waals surface area contributed by atoms with Crippen LogP contribution >= 0.6 is 0 Å². The molecule has 0 radical (unpaired) electrons. The summed E-state index contributed by atoms with van der Waals surface area (Å²) in [5.74, 6) is -3.32. The Hall–Kier alpha value is -4.09. The fourth-order valence-corrected chi connectivity index (χ4v) is 3.17. The summed E-state index contributed by atoms with van der Waals surface area (Å²) in [6, 6.07) is 4.11. The molecule has 0 aliphatic rings. The summed E-state index contributed by atoms with van der Waals surface area (Å²) in [5, 5.41) is 16.4. The molecule has 0 aliphatic carbocycles. The molecule has 1 amide bonds. The van der Waals surface area contributed by atoms with E-state index in [9.17, 15) is 28.3 Å². The fourth-order valence-electron chi connectivity index (χ4n) is 3.17. The molecule has 12 heteroatoms. The number of para-hydroxylation sites is 1. The molecule has 32 heavy (non-hydrogen) atoms. The molecule has 1 aromatic heterocycles. The highest BCUT2D eigenvalue weighted by molar-refractivity contribution is 5.98. The van der Waals surface area contributed by atoms with Crippen LogP contribution in [0.2, 0.25) is 0 Å². The number of benzene rings is 2. The molecule has 10 nitrogen and oxygen atoms in total. The molecule has 2 aromatic carbocycles. The lowest BCUT2D eigenvalue weighted by atomic mass is 10.1. The lowest BCUT2D eigenvalue weighted by Gasteiger charge is -2.28. The van der Waals surface area contributed by atoms with Crippen LogP contribution in [0, 0.1) is 18.6 Å². The van der Waals surface area contributed by atoms with Crippen molar-refractivity contribution >= 4 is 17.7 Å². The minimum Gasteiger partial charge on any atom is -0.496 e. The molecular formula is C20H19F2N5O5. The van der Waals surface area contributed by atoms with Gasteiger partial charge in [-0.2, -0.15) is 4.68 Å². The van der Waals surface area contributed by atoms with Gasteiger partial charge in [0.25, 0.3) is 0 Å². The van der Waals surface area contributed by atoms with Crippen molar-refractivity contribution in [3.8, 4) is 11.4 Å². The van der Waals surface area contributed by atoms with Crippen molar-refractivity contribution in [3.05, 3.63) is 63.6 Å². The number of nitrogens with zero attached hydrogens (tertiary/aromatic N) is 5. The second kappa shape index (κ2) is 8.57. The third-order valence-electron chi connectivity index (χ3n) is 4.64.